The molecule has 154 valence electrons. The number of hydrogen-bond acceptors (Lipinski definition) is 7. The van der Waals surface area contributed by atoms with Crippen LogP contribution in [0.3, 0.4) is 0 Å². The lowest BCUT2D eigenvalue weighted by molar-refractivity contribution is -0.384. The van der Waals surface area contributed by atoms with Crippen molar-refractivity contribution in [1.29, 1.82) is 0 Å². The van der Waals surface area contributed by atoms with Gasteiger partial charge in [0.25, 0.3) is 11.6 Å². The molecule has 0 fully saturated rings. The number of esters is 1. The number of rotatable bonds is 6. The van der Waals surface area contributed by atoms with E-state index in [1.54, 1.807) is 6.92 Å². The molecule has 8 nitrogen and oxygen atoms in total. The minimum Gasteiger partial charge on any atom is -0.452 e. The minimum absolute atomic E-state index is 0.0250. The molecule has 0 radical (unpaired) electrons. The molecule has 30 heavy (non-hydrogen) atoms. The molecule has 4 rings (SSSR count). The quantitative estimate of drug-likeness (QED) is 0.339. The van der Waals surface area contributed by atoms with E-state index in [2.05, 4.69) is 22.3 Å². The Balaban J connectivity index is 1.38. The van der Waals surface area contributed by atoms with E-state index in [1.807, 2.05) is 6.07 Å². The highest BCUT2D eigenvalue weighted by atomic mass is 16.6. The molecule has 1 aliphatic rings. The zero-order valence-electron chi connectivity index (χ0n) is 16.5. The van der Waals surface area contributed by atoms with Crippen molar-refractivity contribution in [1.82, 2.24) is 10.2 Å². The third kappa shape index (κ3) is 4.37. The summed E-state index contributed by atoms with van der Waals surface area (Å²) in [5.41, 5.74) is 4.15. The van der Waals surface area contributed by atoms with E-state index in [0.29, 0.717) is 5.56 Å². The normalized spacial score (nSPS) is 14.0. The Morgan fingerprint density at radius 3 is 2.60 bits per heavy atom. The van der Waals surface area contributed by atoms with Crippen LogP contribution in [0.2, 0.25) is 0 Å². The lowest BCUT2D eigenvalue weighted by Gasteiger charge is -2.16. The van der Waals surface area contributed by atoms with Crippen molar-refractivity contribution in [2.75, 3.05) is 0 Å². The van der Waals surface area contributed by atoms with Crippen molar-refractivity contribution >= 4 is 11.7 Å². The van der Waals surface area contributed by atoms with Crippen LogP contribution in [0.25, 0.3) is 11.5 Å². The lowest BCUT2D eigenvalue weighted by atomic mass is 9.90. The van der Waals surface area contributed by atoms with Gasteiger partial charge in [-0.15, -0.1) is 10.2 Å². The van der Waals surface area contributed by atoms with Crippen LogP contribution in [0, 0.1) is 10.1 Å². The predicted octanol–water partition coefficient (Wildman–Crippen LogP) is 4.37. The molecule has 1 heterocycles. The van der Waals surface area contributed by atoms with E-state index < -0.39 is 11.0 Å². The molecular formula is C22H21N3O5. The number of aromatic nitrogens is 2. The summed E-state index contributed by atoms with van der Waals surface area (Å²) in [5.74, 6) is 0.00738. The van der Waals surface area contributed by atoms with Gasteiger partial charge in [-0.2, -0.15) is 0 Å². The average molecular weight is 407 g/mol. The largest absolute Gasteiger partial charge is 0.452 e. The number of aryl methyl sites for hydroxylation is 2. The third-order valence-corrected chi connectivity index (χ3v) is 5.18. The van der Waals surface area contributed by atoms with Gasteiger partial charge >= 0.3 is 5.97 Å². The molecule has 1 atom stereocenters. The van der Waals surface area contributed by atoms with Crippen LogP contribution in [-0.2, 0) is 28.8 Å². The van der Waals surface area contributed by atoms with Crippen LogP contribution in [0.4, 0.5) is 5.69 Å². The maximum Gasteiger partial charge on any atom is 0.311 e. The minimum atomic E-state index is -0.700. The van der Waals surface area contributed by atoms with E-state index in [0.717, 1.165) is 18.4 Å². The van der Waals surface area contributed by atoms with Crippen LogP contribution >= 0.6 is 0 Å². The van der Waals surface area contributed by atoms with Crippen molar-refractivity contribution in [3.05, 3.63) is 75.2 Å². The molecule has 0 amide bonds. The highest BCUT2D eigenvalue weighted by Gasteiger charge is 2.20. The fourth-order valence-corrected chi connectivity index (χ4v) is 3.59. The van der Waals surface area contributed by atoms with Gasteiger partial charge in [0, 0.05) is 17.7 Å². The topological polar surface area (TPSA) is 108 Å². The van der Waals surface area contributed by atoms with Crippen LogP contribution in [0.15, 0.2) is 46.9 Å². The molecule has 0 N–H and O–H groups in total. The van der Waals surface area contributed by atoms with Gasteiger partial charge in [0.05, 0.1) is 11.3 Å². The summed E-state index contributed by atoms with van der Waals surface area (Å²) < 4.78 is 11.0. The first-order valence-corrected chi connectivity index (χ1v) is 9.88. The van der Waals surface area contributed by atoms with Gasteiger partial charge in [-0.3, -0.25) is 14.9 Å². The van der Waals surface area contributed by atoms with Crippen LogP contribution in [0.1, 0.15) is 48.5 Å². The summed E-state index contributed by atoms with van der Waals surface area (Å²) in [6.45, 7) is 1.66. The molecule has 0 saturated heterocycles. The van der Waals surface area contributed by atoms with E-state index >= 15 is 0 Å². The number of carbonyl (C=O) groups is 1. The third-order valence-electron chi connectivity index (χ3n) is 5.18. The lowest BCUT2D eigenvalue weighted by Crippen LogP contribution is -2.12. The molecular weight excluding hydrogens is 386 g/mol. The van der Waals surface area contributed by atoms with Crippen molar-refractivity contribution < 1.29 is 18.9 Å². The smallest absolute Gasteiger partial charge is 0.311 e. The van der Waals surface area contributed by atoms with E-state index in [-0.39, 0.29) is 29.9 Å². The zero-order chi connectivity index (χ0) is 21.1. The van der Waals surface area contributed by atoms with Crippen molar-refractivity contribution in [3.8, 4) is 11.5 Å². The number of hydrogen-bond donors (Lipinski definition) is 0. The number of nitro benzene ring substituents is 1. The highest BCUT2D eigenvalue weighted by Crippen LogP contribution is 2.25. The summed E-state index contributed by atoms with van der Waals surface area (Å²) in [6.07, 6.45) is 4.05. The number of benzene rings is 2. The summed E-state index contributed by atoms with van der Waals surface area (Å²) in [6, 6.07) is 12.0. The van der Waals surface area contributed by atoms with Gasteiger partial charge in [0.2, 0.25) is 5.89 Å². The Hall–Kier alpha value is -3.55. The molecule has 8 heteroatoms. The fraction of sp³-hybridized carbons (Fsp3) is 0.318. The van der Waals surface area contributed by atoms with Gasteiger partial charge in [-0.1, -0.05) is 18.2 Å². The predicted molar refractivity (Wildman–Crippen MR) is 108 cm³/mol. The number of fused-ring (bicyclic) bond motifs is 1. The summed E-state index contributed by atoms with van der Waals surface area (Å²) >= 11 is 0. The molecule has 3 aromatic rings. The molecule has 2 aromatic carbocycles. The number of carbonyl (C=O) groups excluding carboxylic acids is 1. The van der Waals surface area contributed by atoms with Crippen LogP contribution < -0.4 is 0 Å². The first kappa shape index (κ1) is 19.8. The molecule has 0 aliphatic heterocycles. The standard InChI is InChI=1S/C22H21N3O5/c1-14(21-23-24-22(30-21)17-8-10-19(11-9-17)25(27)28)29-20(26)13-15-6-7-16-4-2-3-5-18(16)12-15/h6-12,14H,2-5,13H2,1H3/t14-/m1/s1. The molecule has 0 unspecified atom stereocenters. The second-order valence-corrected chi connectivity index (χ2v) is 7.37. The highest BCUT2D eigenvalue weighted by molar-refractivity contribution is 5.73. The maximum atomic E-state index is 12.4. The summed E-state index contributed by atoms with van der Waals surface area (Å²) in [7, 11) is 0. The number of non-ortho nitro benzene ring substituents is 1. The van der Waals surface area contributed by atoms with Crippen molar-refractivity contribution in [2.45, 2.75) is 45.1 Å². The Morgan fingerprint density at radius 2 is 1.87 bits per heavy atom. The van der Waals surface area contributed by atoms with Gasteiger partial charge in [0.15, 0.2) is 6.10 Å². The van der Waals surface area contributed by atoms with Gasteiger partial charge in [-0.25, -0.2) is 0 Å². The van der Waals surface area contributed by atoms with Crippen LogP contribution in [0.5, 0.6) is 0 Å². The van der Waals surface area contributed by atoms with E-state index in [9.17, 15) is 14.9 Å². The zero-order valence-corrected chi connectivity index (χ0v) is 16.5. The number of nitrogens with zero attached hydrogens (tertiary/aromatic N) is 3. The monoisotopic (exact) mass is 407 g/mol. The van der Waals surface area contributed by atoms with Crippen molar-refractivity contribution in [2.24, 2.45) is 0 Å². The number of ether oxygens (including phenoxy) is 1. The molecule has 0 bridgehead atoms. The number of nitro groups is 1. The Kier molecular flexibility index (Phi) is 5.56. The second kappa shape index (κ2) is 8.44. The average Bonchev–Trinajstić information content (AvgIpc) is 3.24. The maximum absolute atomic E-state index is 12.4. The molecule has 0 saturated carbocycles. The molecule has 1 aliphatic carbocycles. The van der Waals surface area contributed by atoms with E-state index in [4.69, 9.17) is 9.15 Å². The summed E-state index contributed by atoms with van der Waals surface area (Å²) in [5, 5.41) is 18.6. The summed E-state index contributed by atoms with van der Waals surface area (Å²) in [4.78, 5) is 22.6. The molecule has 1 aromatic heterocycles. The Morgan fingerprint density at radius 1 is 1.13 bits per heavy atom. The molecule has 0 spiro atoms. The first-order chi connectivity index (χ1) is 14.5. The van der Waals surface area contributed by atoms with Gasteiger partial charge in [0.1, 0.15) is 0 Å². The Bertz CT molecular complexity index is 1070. The first-order valence-electron chi connectivity index (χ1n) is 9.88. The van der Waals surface area contributed by atoms with Crippen LogP contribution in [-0.4, -0.2) is 21.1 Å². The van der Waals surface area contributed by atoms with Gasteiger partial charge < -0.3 is 9.15 Å². The van der Waals surface area contributed by atoms with Gasteiger partial charge in [-0.05, 0) is 61.4 Å². The SMILES string of the molecule is C[C@@H](OC(=O)Cc1ccc2c(c1)CCCC2)c1nnc(-c2ccc([N+](=O)[O-])cc2)o1. The second-order valence-electron chi connectivity index (χ2n) is 7.37. The van der Waals surface area contributed by atoms with E-state index in [1.165, 1.54) is 48.2 Å². The Labute approximate surface area is 173 Å². The fourth-order valence-electron chi connectivity index (χ4n) is 3.59. The van der Waals surface area contributed by atoms with Crippen molar-refractivity contribution in [3.63, 3.8) is 0 Å².